The predicted molar refractivity (Wildman–Crippen MR) is 312 cm³/mol. The standard InChI is InChI=1S/C72H56N2/c1-71(2)67-22-11-9-20-61(67)63-38-34-53(43-69(63)71)73(49-30-24-45(25-31-49)65-40-47-28-36-55(47)57-16-5-7-18-59(57)65)51-14-13-15-52(42-51)74(54-35-39-64-62-21-10-12-23-68(62)72(3,4)70(64)44-54)50-32-26-46(27-33-50)66-41-48-29-37-56(48)58-17-6-8-19-60(58)66/h5-27,30-35,38-44H,28-29,36-37H2,1-4H3. The van der Waals surface area contributed by atoms with Crippen LogP contribution >= 0.6 is 0 Å². The Morgan fingerprint density at radius 2 is 0.635 bits per heavy atom. The molecule has 11 aromatic rings. The molecule has 0 spiro atoms. The second-order valence-electron chi connectivity index (χ2n) is 22.3. The third-order valence-corrected chi connectivity index (χ3v) is 17.7. The van der Waals surface area contributed by atoms with Crippen LogP contribution in [0, 0.1) is 0 Å². The average Bonchev–Trinajstić information content (AvgIpc) is 3.79. The van der Waals surface area contributed by atoms with Gasteiger partial charge >= 0.3 is 0 Å². The molecule has 0 aliphatic heterocycles. The van der Waals surface area contributed by atoms with E-state index in [2.05, 4.69) is 256 Å². The Morgan fingerprint density at radius 1 is 0.270 bits per heavy atom. The van der Waals surface area contributed by atoms with E-state index in [0.29, 0.717) is 0 Å². The second-order valence-corrected chi connectivity index (χ2v) is 22.3. The van der Waals surface area contributed by atoms with Crippen LogP contribution < -0.4 is 9.80 Å². The van der Waals surface area contributed by atoms with Crippen molar-refractivity contribution in [3.8, 4) is 44.5 Å². The van der Waals surface area contributed by atoms with E-state index < -0.39 is 0 Å². The first-order valence-corrected chi connectivity index (χ1v) is 26.7. The summed E-state index contributed by atoms with van der Waals surface area (Å²) in [6, 6.07) is 83.0. The minimum atomic E-state index is -0.147. The molecule has 0 atom stereocenters. The fourth-order valence-corrected chi connectivity index (χ4v) is 13.6. The average molecular weight is 949 g/mol. The second kappa shape index (κ2) is 16.0. The van der Waals surface area contributed by atoms with Crippen LogP contribution in [0.25, 0.3) is 66.1 Å². The summed E-state index contributed by atoms with van der Waals surface area (Å²) in [4.78, 5) is 4.95. The molecule has 15 rings (SSSR count). The van der Waals surface area contributed by atoms with Gasteiger partial charge in [-0.15, -0.1) is 0 Å². The maximum absolute atomic E-state index is 2.47. The van der Waals surface area contributed by atoms with Crippen LogP contribution in [-0.4, -0.2) is 0 Å². The Hall–Kier alpha value is -8.46. The first-order chi connectivity index (χ1) is 36.2. The van der Waals surface area contributed by atoms with Gasteiger partial charge in [-0.05, 0) is 203 Å². The van der Waals surface area contributed by atoms with Crippen LogP contribution in [-0.2, 0) is 36.5 Å². The zero-order valence-corrected chi connectivity index (χ0v) is 42.5. The fraction of sp³-hybridized carbons (Fsp3) is 0.139. The van der Waals surface area contributed by atoms with E-state index in [1.807, 2.05) is 0 Å². The third kappa shape index (κ3) is 6.37. The molecular weight excluding hydrogens is 893 g/mol. The molecule has 0 heterocycles. The normalized spacial score (nSPS) is 14.8. The van der Waals surface area contributed by atoms with Crippen molar-refractivity contribution in [1.29, 1.82) is 0 Å². The van der Waals surface area contributed by atoms with E-state index in [4.69, 9.17) is 0 Å². The zero-order chi connectivity index (χ0) is 49.5. The van der Waals surface area contributed by atoms with E-state index in [0.717, 1.165) is 47.0 Å². The Bertz CT molecular complexity index is 3870. The maximum Gasteiger partial charge on any atom is 0.0482 e. The Labute approximate surface area is 434 Å². The summed E-state index contributed by atoms with van der Waals surface area (Å²) in [5.74, 6) is 0. The Morgan fingerprint density at radius 3 is 1.05 bits per heavy atom. The van der Waals surface area contributed by atoms with Crippen molar-refractivity contribution in [1.82, 2.24) is 0 Å². The molecule has 4 aliphatic carbocycles. The molecule has 0 fully saturated rings. The van der Waals surface area contributed by atoms with Crippen molar-refractivity contribution in [3.63, 3.8) is 0 Å². The largest absolute Gasteiger partial charge is 0.310 e. The van der Waals surface area contributed by atoms with Gasteiger partial charge in [0.15, 0.2) is 0 Å². The van der Waals surface area contributed by atoms with Gasteiger partial charge in [-0.2, -0.15) is 0 Å². The third-order valence-electron chi connectivity index (χ3n) is 17.7. The lowest BCUT2D eigenvalue weighted by Gasteiger charge is -2.31. The molecule has 354 valence electrons. The summed E-state index contributed by atoms with van der Waals surface area (Å²) in [6.45, 7) is 9.52. The molecule has 2 heteroatoms. The minimum absolute atomic E-state index is 0.147. The molecule has 0 aromatic heterocycles. The number of anilines is 6. The molecule has 0 saturated carbocycles. The summed E-state index contributed by atoms with van der Waals surface area (Å²) in [5, 5.41) is 5.46. The predicted octanol–water partition coefficient (Wildman–Crippen LogP) is 19.1. The highest BCUT2D eigenvalue weighted by Crippen LogP contribution is 2.53. The summed E-state index contributed by atoms with van der Waals surface area (Å²) in [5.41, 5.74) is 28.3. The van der Waals surface area contributed by atoms with E-state index >= 15 is 0 Å². The van der Waals surface area contributed by atoms with Gasteiger partial charge in [0, 0.05) is 45.0 Å². The van der Waals surface area contributed by atoms with E-state index in [1.165, 1.54) is 123 Å². The molecule has 2 nitrogen and oxygen atoms in total. The van der Waals surface area contributed by atoms with Gasteiger partial charge < -0.3 is 9.80 Å². The summed E-state index contributed by atoms with van der Waals surface area (Å²) < 4.78 is 0. The topological polar surface area (TPSA) is 6.48 Å². The zero-order valence-electron chi connectivity index (χ0n) is 42.5. The number of rotatable bonds is 8. The van der Waals surface area contributed by atoms with Crippen molar-refractivity contribution < 1.29 is 0 Å². The number of nitrogens with zero attached hydrogens (tertiary/aromatic N) is 2. The lowest BCUT2D eigenvalue weighted by atomic mass is 9.81. The van der Waals surface area contributed by atoms with Crippen molar-refractivity contribution >= 4 is 55.7 Å². The maximum atomic E-state index is 2.47. The molecule has 0 amide bonds. The van der Waals surface area contributed by atoms with Gasteiger partial charge in [0.1, 0.15) is 0 Å². The quantitative estimate of drug-likeness (QED) is 0.150. The highest BCUT2D eigenvalue weighted by molar-refractivity contribution is 6.02. The number of fused-ring (bicyclic) bond motifs is 12. The van der Waals surface area contributed by atoms with E-state index in [9.17, 15) is 0 Å². The first-order valence-electron chi connectivity index (χ1n) is 26.7. The lowest BCUT2D eigenvalue weighted by Crippen LogP contribution is -2.17. The van der Waals surface area contributed by atoms with Gasteiger partial charge in [0.05, 0.1) is 0 Å². The summed E-state index contributed by atoms with van der Waals surface area (Å²) in [7, 11) is 0. The summed E-state index contributed by atoms with van der Waals surface area (Å²) in [6.07, 6.45) is 4.63. The van der Waals surface area contributed by atoms with Crippen LogP contribution in [0.1, 0.15) is 72.2 Å². The molecule has 74 heavy (non-hydrogen) atoms. The minimum Gasteiger partial charge on any atom is -0.310 e. The number of aryl methyl sites for hydroxylation is 4. The van der Waals surface area contributed by atoms with Gasteiger partial charge in [-0.25, -0.2) is 0 Å². The SMILES string of the molecule is CC1(C)c2ccccc2-c2ccc(N(c3ccc(-c4cc5c(c6ccccc46)CC5)cc3)c3cccc(N(c4ccc(-c5cc6c(c7ccccc57)CC6)cc4)c4ccc5c(c4)C(C)(C)c4ccccc4-5)c3)cc21. The Balaban J connectivity index is 0.891. The van der Waals surface area contributed by atoms with Gasteiger partial charge in [-0.1, -0.05) is 179 Å². The number of benzene rings is 11. The van der Waals surface area contributed by atoms with Crippen LogP contribution in [0.15, 0.2) is 218 Å². The van der Waals surface area contributed by atoms with Gasteiger partial charge in [0.2, 0.25) is 0 Å². The van der Waals surface area contributed by atoms with Gasteiger partial charge in [0.25, 0.3) is 0 Å². The highest BCUT2D eigenvalue weighted by Gasteiger charge is 2.37. The fourth-order valence-electron chi connectivity index (χ4n) is 13.6. The number of hydrogen-bond donors (Lipinski definition) is 0. The smallest absolute Gasteiger partial charge is 0.0482 e. The summed E-state index contributed by atoms with van der Waals surface area (Å²) >= 11 is 0. The Kier molecular flexibility index (Phi) is 9.34. The molecule has 4 aliphatic rings. The van der Waals surface area contributed by atoms with E-state index in [-0.39, 0.29) is 10.8 Å². The molecule has 0 N–H and O–H groups in total. The molecular formula is C72H56N2. The number of hydrogen-bond acceptors (Lipinski definition) is 2. The van der Waals surface area contributed by atoms with Crippen LogP contribution in [0.4, 0.5) is 34.1 Å². The molecule has 0 bridgehead atoms. The van der Waals surface area contributed by atoms with Crippen molar-refractivity contribution in [2.24, 2.45) is 0 Å². The molecule has 11 aromatic carbocycles. The van der Waals surface area contributed by atoms with Gasteiger partial charge in [-0.3, -0.25) is 0 Å². The van der Waals surface area contributed by atoms with Crippen molar-refractivity contribution in [2.75, 3.05) is 9.80 Å². The highest BCUT2D eigenvalue weighted by atomic mass is 15.2. The molecule has 0 unspecified atom stereocenters. The first kappa shape index (κ1) is 43.2. The molecule has 0 saturated heterocycles. The van der Waals surface area contributed by atoms with Crippen LogP contribution in [0.3, 0.4) is 0 Å². The van der Waals surface area contributed by atoms with Crippen LogP contribution in [0.2, 0.25) is 0 Å². The lowest BCUT2D eigenvalue weighted by molar-refractivity contribution is 0.660. The van der Waals surface area contributed by atoms with Crippen molar-refractivity contribution in [2.45, 2.75) is 64.2 Å². The monoisotopic (exact) mass is 948 g/mol. The molecule has 0 radical (unpaired) electrons. The van der Waals surface area contributed by atoms with Crippen LogP contribution in [0.5, 0.6) is 0 Å². The van der Waals surface area contributed by atoms with E-state index in [1.54, 1.807) is 0 Å². The van der Waals surface area contributed by atoms with Crippen molar-refractivity contribution in [3.05, 3.63) is 263 Å².